The number of anilines is 2. The van der Waals surface area contributed by atoms with Crippen LogP contribution in [0.5, 0.6) is 0 Å². The van der Waals surface area contributed by atoms with Gasteiger partial charge in [-0.25, -0.2) is 8.42 Å². The second kappa shape index (κ2) is 5.10. The minimum absolute atomic E-state index is 0.0816. The van der Waals surface area contributed by atoms with Gasteiger partial charge >= 0.3 is 0 Å². The first-order chi connectivity index (χ1) is 10.1. The summed E-state index contributed by atoms with van der Waals surface area (Å²) in [4.78, 5) is 0.0816. The van der Waals surface area contributed by atoms with E-state index >= 15 is 0 Å². The van der Waals surface area contributed by atoms with Gasteiger partial charge in [0, 0.05) is 5.69 Å². The number of benzene rings is 3. The quantitative estimate of drug-likeness (QED) is 0.729. The third kappa shape index (κ3) is 2.68. The van der Waals surface area contributed by atoms with Gasteiger partial charge < -0.3 is 5.73 Å². The van der Waals surface area contributed by atoms with Gasteiger partial charge in [-0.05, 0) is 35.0 Å². The van der Waals surface area contributed by atoms with Gasteiger partial charge in [0.25, 0.3) is 10.0 Å². The number of para-hydroxylation sites is 1. The zero-order chi connectivity index (χ0) is 14.9. The van der Waals surface area contributed by atoms with Crippen molar-refractivity contribution in [2.24, 2.45) is 0 Å². The van der Waals surface area contributed by atoms with Crippen molar-refractivity contribution in [1.82, 2.24) is 0 Å². The summed E-state index contributed by atoms with van der Waals surface area (Å²) in [5.74, 6) is 0. The van der Waals surface area contributed by atoms with Crippen LogP contribution < -0.4 is 10.5 Å². The van der Waals surface area contributed by atoms with Gasteiger partial charge in [-0.2, -0.15) is 0 Å². The number of sulfonamides is 1. The number of hydrogen-bond acceptors (Lipinski definition) is 3. The van der Waals surface area contributed by atoms with Crippen molar-refractivity contribution < 1.29 is 8.42 Å². The number of nitrogen functional groups attached to an aromatic ring is 1. The van der Waals surface area contributed by atoms with Crippen LogP contribution in [0.25, 0.3) is 10.8 Å². The lowest BCUT2D eigenvalue weighted by Crippen LogP contribution is -2.14. The lowest BCUT2D eigenvalue weighted by molar-refractivity contribution is 0.601. The average Bonchev–Trinajstić information content (AvgIpc) is 2.47. The fraction of sp³-hybridized carbons (Fsp3) is 0. The lowest BCUT2D eigenvalue weighted by Gasteiger charge is -2.10. The van der Waals surface area contributed by atoms with Gasteiger partial charge in [0.2, 0.25) is 0 Å². The second-order valence-corrected chi connectivity index (χ2v) is 6.36. The van der Waals surface area contributed by atoms with Crippen LogP contribution in [0.1, 0.15) is 0 Å². The molecule has 0 aromatic heterocycles. The van der Waals surface area contributed by atoms with Crippen molar-refractivity contribution in [3.63, 3.8) is 0 Å². The molecule has 5 heteroatoms. The van der Waals surface area contributed by atoms with Crippen LogP contribution in [0, 0.1) is 0 Å². The molecular formula is C16H14N2O2S. The normalized spacial score (nSPS) is 11.4. The van der Waals surface area contributed by atoms with Crippen LogP contribution in [-0.4, -0.2) is 8.42 Å². The molecule has 0 spiro atoms. The van der Waals surface area contributed by atoms with Crippen LogP contribution in [0.4, 0.5) is 11.4 Å². The van der Waals surface area contributed by atoms with E-state index in [0.717, 1.165) is 10.8 Å². The number of nitrogens with one attached hydrogen (secondary N) is 1. The largest absolute Gasteiger partial charge is 0.398 e. The van der Waals surface area contributed by atoms with E-state index in [1.54, 1.807) is 30.3 Å². The Labute approximate surface area is 123 Å². The van der Waals surface area contributed by atoms with E-state index in [9.17, 15) is 8.42 Å². The van der Waals surface area contributed by atoms with Gasteiger partial charge in [-0.1, -0.05) is 42.5 Å². The molecule has 3 aromatic carbocycles. The second-order valence-electron chi connectivity index (χ2n) is 4.71. The Balaban J connectivity index is 1.99. The van der Waals surface area contributed by atoms with Gasteiger partial charge in [0.05, 0.1) is 5.69 Å². The third-order valence-corrected chi connectivity index (χ3v) is 4.67. The summed E-state index contributed by atoms with van der Waals surface area (Å²) in [6.45, 7) is 0. The summed E-state index contributed by atoms with van der Waals surface area (Å²) in [6, 6.07) is 19.6. The van der Waals surface area contributed by atoms with Gasteiger partial charge in [-0.3, -0.25) is 4.72 Å². The van der Waals surface area contributed by atoms with Gasteiger partial charge in [0.1, 0.15) is 4.90 Å². The topological polar surface area (TPSA) is 72.2 Å². The van der Waals surface area contributed by atoms with Crippen molar-refractivity contribution in [1.29, 1.82) is 0 Å². The average molecular weight is 298 g/mol. The first kappa shape index (κ1) is 13.5. The summed E-state index contributed by atoms with van der Waals surface area (Å²) >= 11 is 0. The minimum Gasteiger partial charge on any atom is -0.398 e. The highest BCUT2D eigenvalue weighted by atomic mass is 32.2. The Morgan fingerprint density at radius 1 is 0.810 bits per heavy atom. The van der Waals surface area contributed by atoms with Crippen LogP contribution in [0.2, 0.25) is 0 Å². The van der Waals surface area contributed by atoms with Crippen molar-refractivity contribution in [3.8, 4) is 0 Å². The molecule has 0 amide bonds. The van der Waals surface area contributed by atoms with Crippen LogP contribution in [0.3, 0.4) is 0 Å². The summed E-state index contributed by atoms with van der Waals surface area (Å²) in [5, 5.41) is 2.03. The van der Waals surface area contributed by atoms with E-state index < -0.39 is 10.0 Å². The summed E-state index contributed by atoms with van der Waals surface area (Å²) < 4.78 is 27.3. The Hall–Kier alpha value is -2.53. The molecule has 0 unspecified atom stereocenters. The third-order valence-electron chi connectivity index (χ3n) is 3.21. The minimum atomic E-state index is -3.69. The van der Waals surface area contributed by atoms with E-state index in [1.807, 2.05) is 30.3 Å². The summed E-state index contributed by atoms with van der Waals surface area (Å²) in [7, 11) is -3.69. The first-order valence-corrected chi connectivity index (χ1v) is 7.91. The van der Waals surface area contributed by atoms with Crippen molar-refractivity contribution in [2.75, 3.05) is 10.5 Å². The SMILES string of the molecule is Nc1ccccc1S(=O)(=O)Nc1ccc2ccccc2c1. The maximum Gasteiger partial charge on any atom is 0.263 e. The molecular weight excluding hydrogens is 284 g/mol. The standard InChI is InChI=1S/C16H14N2O2S/c17-15-7-3-4-8-16(15)21(19,20)18-14-10-9-12-5-1-2-6-13(12)11-14/h1-11,18H,17H2. The molecule has 0 bridgehead atoms. The fourth-order valence-electron chi connectivity index (χ4n) is 2.19. The molecule has 3 aromatic rings. The zero-order valence-corrected chi connectivity index (χ0v) is 12.0. The molecule has 0 fully saturated rings. The molecule has 0 aliphatic heterocycles. The number of fused-ring (bicyclic) bond motifs is 1. The van der Waals surface area contributed by atoms with Crippen LogP contribution >= 0.6 is 0 Å². The molecule has 0 atom stereocenters. The Morgan fingerprint density at radius 3 is 2.24 bits per heavy atom. The smallest absolute Gasteiger partial charge is 0.263 e. The van der Waals surface area contributed by atoms with E-state index in [1.165, 1.54) is 6.07 Å². The predicted molar refractivity (Wildman–Crippen MR) is 85.6 cm³/mol. The molecule has 106 valence electrons. The fourth-order valence-corrected chi connectivity index (χ4v) is 3.37. The molecule has 4 nitrogen and oxygen atoms in total. The van der Waals surface area contributed by atoms with Crippen molar-refractivity contribution in [3.05, 3.63) is 66.7 Å². The molecule has 3 N–H and O–H groups in total. The van der Waals surface area contributed by atoms with Crippen molar-refractivity contribution >= 4 is 32.2 Å². The van der Waals surface area contributed by atoms with Gasteiger partial charge in [-0.15, -0.1) is 0 Å². The molecule has 0 radical (unpaired) electrons. The van der Waals surface area contributed by atoms with E-state index in [4.69, 9.17) is 5.73 Å². The molecule has 0 heterocycles. The number of nitrogens with two attached hydrogens (primary N) is 1. The van der Waals surface area contributed by atoms with E-state index in [-0.39, 0.29) is 10.6 Å². The maximum absolute atomic E-state index is 12.4. The molecule has 21 heavy (non-hydrogen) atoms. The highest BCUT2D eigenvalue weighted by Crippen LogP contribution is 2.23. The maximum atomic E-state index is 12.4. The Bertz CT molecular complexity index is 905. The molecule has 0 aliphatic rings. The molecule has 0 saturated carbocycles. The molecule has 0 saturated heterocycles. The summed E-state index contributed by atoms with van der Waals surface area (Å²) in [5.41, 5.74) is 6.47. The highest BCUT2D eigenvalue weighted by molar-refractivity contribution is 7.92. The monoisotopic (exact) mass is 298 g/mol. The Kier molecular flexibility index (Phi) is 3.27. The highest BCUT2D eigenvalue weighted by Gasteiger charge is 2.16. The van der Waals surface area contributed by atoms with E-state index in [0.29, 0.717) is 5.69 Å². The van der Waals surface area contributed by atoms with Gasteiger partial charge in [0.15, 0.2) is 0 Å². The molecule has 0 aliphatic carbocycles. The van der Waals surface area contributed by atoms with Crippen molar-refractivity contribution in [2.45, 2.75) is 4.90 Å². The predicted octanol–water partition coefficient (Wildman–Crippen LogP) is 3.22. The van der Waals surface area contributed by atoms with Crippen LogP contribution in [0.15, 0.2) is 71.6 Å². The zero-order valence-electron chi connectivity index (χ0n) is 11.2. The first-order valence-electron chi connectivity index (χ1n) is 6.42. The van der Waals surface area contributed by atoms with Crippen LogP contribution in [-0.2, 0) is 10.0 Å². The van der Waals surface area contributed by atoms with E-state index in [2.05, 4.69) is 4.72 Å². The number of rotatable bonds is 3. The summed E-state index contributed by atoms with van der Waals surface area (Å²) in [6.07, 6.45) is 0. The Morgan fingerprint density at radius 2 is 1.48 bits per heavy atom. The molecule has 3 rings (SSSR count). The lowest BCUT2D eigenvalue weighted by atomic mass is 10.1. The number of hydrogen-bond donors (Lipinski definition) is 2.